The van der Waals surface area contributed by atoms with E-state index in [1.54, 1.807) is 0 Å². The first-order valence-corrected chi connectivity index (χ1v) is 7.32. The summed E-state index contributed by atoms with van der Waals surface area (Å²) in [5.41, 5.74) is -0.275. The van der Waals surface area contributed by atoms with Crippen molar-refractivity contribution >= 4 is 11.9 Å². The van der Waals surface area contributed by atoms with E-state index in [1.807, 2.05) is 4.90 Å². The van der Waals surface area contributed by atoms with E-state index in [1.165, 1.54) is 0 Å². The van der Waals surface area contributed by atoms with Crippen LogP contribution >= 0.6 is 0 Å². The summed E-state index contributed by atoms with van der Waals surface area (Å²) >= 11 is 0. The van der Waals surface area contributed by atoms with Gasteiger partial charge in [-0.3, -0.25) is 9.59 Å². The Kier molecular flexibility index (Phi) is 4.80. The van der Waals surface area contributed by atoms with E-state index in [0.717, 1.165) is 58.3 Å². The average molecular weight is 268 g/mol. The number of aliphatic carboxylic acids is 1. The zero-order chi connectivity index (χ0) is 13.7. The highest BCUT2D eigenvalue weighted by Gasteiger charge is 2.38. The molecule has 0 aromatic rings. The van der Waals surface area contributed by atoms with Crippen molar-refractivity contribution in [2.45, 2.75) is 44.9 Å². The van der Waals surface area contributed by atoms with Gasteiger partial charge >= 0.3 is 5.97 Å². The highest BCUT2D eigenvalue weighted by atomic mass is 16.4. The van der Waals surface area contributed by atoms with Gasteiger partial charge in [0.1, 0.15) is 0 Å². The Balaban J connectivity index is 1.96. The maximum absolute atomic E-state index is 12.4. The van der Waals surface area contributed by atoms with Gasteiger partial charge in [-0.25, -0.2) is 0 Å². The number of rotatable bonds is 4. The van der Waals surface area contributed by atoms with Crippen LogP contribution in [0.5, 0.6) is 0 Å². The Labute approximate surface area is 114 Å². The van der Waals surface area contributed by atoms with Gasteiger partial charge in [-0.05, 0) is 31.2 Å². The van der Waals surface area contributed by atoms with E-state index >= 15 is 0 Å². The Bertz CT molecular complexity index is 330. The number of amides is 1. The molecule has 2 aliphatic rings. The van der Waals surface area contributed by atoms with Crippen LogP contribution in [0.15, 0.2) is 0 Å². The summed E-state index contributed by atoms with van der Waals surface area (Å²) in [4.78, 5) is 25.3. The SMILES string of the molecule is O=C(O)CC1(CC(=O)N2CCCNCC2)CCCC1. The molecular formula is C14H24N2O3. The number of hydrogen-bond acceptors (Lipinski definition) is 3. The van der Waals surface area contributed by atoms with E-state index < -0.39 is 5.97 Å². The van der Waals surface area contributed by atoms with Gasteiger partial charge in [-0.2, -0.15) is 0 Å². The number of carboxylic acid groups (broad SMARTS) is 1. The molecule has 2 fully saturated rings. The summed E-state index contributed by atoms with van der Waals surface area (Å²) in [6, 6.07) is 0. The molecule has 1 amide bonds. The molecule has 1 saturated carbocycles. The number of carbonyl (C=O) groups is 2. The number of nitrogens with zero attached hydrogens (tertiary/aromatic N) is 1. The highest BCUT2D eigenvalue weighted by molar-refractivity contribution is 5.78. The summed E-state index contributed by atoms with van der Waals surface area (Å²) in [5, 5.41) is 12.4. The molecule has 5 heteroatoms. The van der Waals surface area contributed by atoms with Crippen LogP contribution in [-0.2, 0) is 9.59 Å². The van der Waals surface area contributed by atoms with E-state index in [4.69, 9.17) is 5.11 Å². The number of nitrogens with one attached hydrogen (secondary N) is 1. The Hall–Kier alpha value is -1.10. The van der Waals surface area contributed by atoms with Crippen LogP contribution in [0.4, 0.5) is 0 Å². The van der Waals surface area contributed by atoms with Crippen molar-refractivity contribution in [1.29, 1.82) is 0 Å². The third-order valence-corrected chi connectivity index (χ3v) is 4.41. The minimum atomic E-state index is -0.771. The molecule has 2 N–H and O–H groups in total. The lowest BCUT2D eigenvalue weighted by Gasteiger charge is -2.30. The highest BCUT2D eigenvalue weighted by Crippen LogP contribution is 2.44. The normalized spacial score (nSPS) is 23.1. The lowest BCUT2D eigenvalue weighted by molar-refractivity contribution is -0.141. The number of carbonyl (C=O) groups excluding carboxylic acids is 1. The fraction of sp³-hybridized carbons (Fsp3) is 0.857. The Morgan fingerprint density at radius 1 is 1.05 bits per heavy atom. The van der Waals surface area contributed by atoms with Gasteiger partial charge in [0, 0.05) is 26.1 Å². The molecule has 0 bridgehead atoms. The Morgan fingerprint density at radius 3 is 2.47 bits per heavy atom. The van der Waals surface area contributed by atoms with Crippen molar-refractivity contribution in [3.63, 3.8) is 0 Å². The first-order chi connectivity index (χ1) is 9.11. The van der Waals surface area contributed by atoms with Crippen LogP contribution in [0.3, 0.4) is 0 Å². The lowest BCUT2D eigenvalue weighted by Crippen LogP contribution is -2.38. The predicted octanol–water partition coefficient (Wildman–Crippen LogP) is 1.23. The summed E-state index contributed by atoms with van der Waals surface area (Å²) in [6.45, 7) is 3.36. The number of carboxylic acids is 1. The zero-order valence-corrected chi connectivity index (χ0v) is 11.5. The fourth-order valence-corrected chi connectivity index (χ4v) is 3.39. The quantitative estimate of drug-likeness (QED) is 0.804. The largest absolute Gasteiger partial charge is 0.481 e. The molecule has 5 nitrogen and oxygen atoms in total. The summed E-state index contributed by atoms with van der Waals surface area (Å²) < 4.78 is 0. The summed E-state index contributed by atoms with van der Waals surface area (Å²) in [7, 11) is 0. The third kappa shape index (κ3) is 3.93. The van der Waals surface area contributed by atoms with E-state index in [2.05, 4.69) is 5.32 Å². The van der Waals surface area contributed by atoms with Gasteiger partial charge in [0.2, 0.25) is 5.91 Å². The fourth-order valence-electron chi connectivity index (χ4n) is 3.39. The first-order valence-electron chi connectivity index (χ1n) is 7.32. The molecule has 0 aromatic heterocycles. The van der Waals surface area contributed by atoms with Crippen molar-refractivity contribution in [2.75, 3.05) is 26.2 Å². The van der Waals surface area contributed by atoms with Crippen LogP contribution in [-0.4, -0.2) is 48.1 Å². The standard InChI is InChI=1S/C14H24N2O3/c17-12(16-8-3-6-15-7-9-16)10-14(11-13(18)19)4-1-2-5-14/h15H,1-11H2,(H,18,19). The molecule has 0 spiro atoms. The van der Waals surface area contributed by atoms with Gasteiger partial charge in [-0.15, -0.1) is 0 Å². The van der Waals surface area contributed by atoms with Crippen LogP contribution < -0.4 is 5.32 Å². The molecule has 108 valence electrons. The minimum absolute atomic E-state index is 0.144. The van der Waals surface area contributed by atoms with Gasteiger partial charge in [0.15, 0.2) is 0 Å². The first kappa shape index (κ1) is 14.3. The molecular weight excluding hydrogens is 244 g/mol. The van der Waals surface area contributed by atoms with Crippen LogP contribution in [0, 0.1) is 5.41 Å². The van der Waals surface area contributed by atoms with E-state index in [-0.39, 0.29) is 17.7 Å². The lowest BCUT2D eigenvalue weighted by atomic mass is 9.79. The molecule has 1 aliphatic heterocycles. The Morgan fingerprint density at radius 2 is 1.79 bits per heavy atom. The predicted molar refractivity (Wildman–Crippen MR) is 71.8 cm³/mol. The van der Waals surface area contributed by atoms with Crippen molar-refractivity contribution in [3.05, 3.63) is 0 Å². The molecule has 2 rings (SSSR count). The second-order valence-corrected chi connectivity index (χ2v) is 5.94. The molecule has 0 aromatic carbocycles. The topological polar surface area (TPSA) is 69.6 Å². The van der Waals surface area contributed by atoms with E-state index in [9.17, 15) is 9.59 Å². The van der Waals surface area contributed by atoms with E-state index in [0.29, 0.717) is 6.42 Å². The second kappa shape index (κ2) is 6.37. The van der Waals surface area contributed by atoms with Crippen LogP contribution in [0.25, 0.3) is 0 Å². The van der Waals surface area contributed by atoms with Crippen LogP contribution in [0.2, 0.25) is 0 Å². The molecule has 0 radical (unpaired) electrons. The van der Waals surface area contributed by atoms with Crippen molar-refractivity contribution in [2.24, 2.45) is 5.41 Å². The van der Waals surface area contributed by atoms with Gasteiger partial charge < -0.3 is 15.3 Å². The van der Waals surface area contributed by atoms with Gasteiger partial charge in [0.25, 0.3) is 0 Å². The molecule has 1 aliphatic carbocycles. The monoisotopic (exact) mass is 268 g/mol. The van der Waals surface area contributed by atoms with Crippen LogP contribution in [0.1, 0.15) is 44.9 Å². The van der Waals surface area contributed by atoms with Gasteiger partial charge in [-0.1, -0.05) is 12.8 Å². The minimum Gasteiger partial charge on any atom is -0.481 e. The summed E-state index contributed by atoms with van der Waals surface area (Å²) in [5.74, 6) is -0.626. The maximum Gasteiger partial charge on any atom is 0.303 e. The smallest absolute Gasteiger partial charge is 0.303 e. The van der Waals surface area contributed by atoms with Crippen molar-refractivity contribution in [1.82, 2.24) is 10.2 Å². The van der Waals surface area contributed by atoms with Crippen molar-refractivity contribution in [3.8, 4) is 0 Å². The molecule has 0 unspecified atom stereocenters. The number of hydrogen-bond donors (Lipinski definition) is 2. The molecule has 1 saturated heterocycles. The zero-order valence-electron chi connectivity index (χ0n) is 11.5. The third-order valence-electron chi connectivity index (χ3n) is 4.41. The van der Waals surface area contributed by atoms with Crippen molar-refractivity contribution < 1.29 is 14.7 Å². The molecule has 0 atom stereocenters. The maximum atomic E-state index is 12.4. The molecule has 1 heterocycles. The molecule has 19 heavy (non-hydrogen) atoms. The summed E-state index contributed by atoms with van der Waals surface area (Å²) in [6.07, 6.45) is 5.43. The van der Waals surface area contributed by atoms with Gasteiger partial charge in [0.05, 0.1) is 6.42 Å². The average Bonchev–Trinajstić information content (AvgIpc) is 2.65. The second-order valence-electron chi connectivity index (χ2n) is 5.94.